The highest BCUT2D eigenvalue weighted by atomic mass is 35.5. The molecule has 0 unspecified atom stereocenters. The number of hydrogen-bond acceptors (Lipinski definition) is 6. The molecule has 0 bridgehead atoms. The van der Waals surface area contributed by atoms with Crippen LogP contribution in [0.5, 0.6) is 0 Å². The zero-order valence-electron chi connectivity index (χ0n) is 14.4. The van der Waals surface area contributed by atoms with Crippen molar-refractivity contribution >= 4 is 58.3 Å². The summed E-state index contributed by atoms with van der Waals surface area (Å²) >= 11 is 9.19. The van der Waals surface area contributed by atoms with Crippen LogP contribution in [0.2, 0.25) is 5.02 Å². The van der Waals surface area contributed by atoms with E-state index in [0.717, 1.165) is 21.7 Å². The standard InChI is InChI=1S/C18H18ClFN4OS2/c19-12-3-4-14-11(6-12)10-26-15(18(22)24(14)16(21)8-20)7-17-23-9-13(27-17)2-1-5-25/h3-6,9,15,21-22H,1-2,7-8,10H2/t15-/m0/s1. The van der Waals surface area contributed by atoms with Crippen LogP contribution in [0, 0.1) is 10.8 Å². The molecule has 0 saturated heterocycles. The van der Waals surface area contributed by atoms with Crippen LogP contribution in [0.4, 0.5) is 10.1 Å². The summed E-state index contributed by atoms with van der Waals surface area (Å²) in [6, 6.07) is 5.23. The van der Waals surface area contributed by atoms with Crippen LogP contribution in [0.3, 0.4) is 0 Å². The third-order valence-electron chi connectivity index (χ3n) is 4.13. The Morgan fingerprint density at radius 1 is 1.48 bits per heavy atom. The van der Waals surface area contributed by atoms with Crippen LogP contribution in [-0.4, -0.2) is 34.9 Å². The average molecular weight is 425 g/mol. The molecular weight excluding hydrogens is 407 g/mol. The molecule has 3 rings (SSSR count). The number of anilines is 1. The highest BCUT2D eigenvalue weighted by molar-refractivity contribution is 7.99. The second kappa shape index (κ2) is 8.95. The molecule has 0 amide bonds. The van der Waals surface area contributed by atoms with E-state index in [1.54, 1.807) is 36.2 Å². The molecule has 2 heterocycles. The van der Waals surface area contributed by atoms with Crippen LogP contribution in [-0.2, 0) is 23.4 Å². The van der Waals surface area contributed by atoms with E-state index in [1.165, 1.54) is 16.2 Å². The molecule has 0 aliphatic carbocycles. The van der Waals surface area contributed by atoms with Gasteiger partial charge in [-0.3, -0.25) is 15.7 Å². The molecule has 27 heavy (non-hydrogen) atoms. The highest BCUT2D eigenvalue weighted by Gasteiger charge is 2.31. The molecule has 1 aliphatic heterocycles. The summed E-state index contributed by atoms with van der Waals surface area (Å²) in [5.41, 5.74) is 1.51. The number of nitrogens with one attached hydrogen (secondary N) is 2. The van der Waals surface area contributed by atoms with E-state index in [2.05, 4.69) is 4.98 Å². The number of aldehydes is 1. The summed E-state index contributed by atoms with van der Waals surface area (Å²) in [7, 11) is 0. The van der Waals surface area contributed by atoms with Crippen molar-refractivity contribution in [3.63, 3.8) is 0 Å². The number of fused-ring (bicyclic) bond motifs is 1. The molecule has 1 aliphatic rings. The van der Waals surface area contributed by atoms with E-state index in [9.17, 15) is 9.18 Å². The summed E-state index contributed by atoms with van der Waals surface area (Å²) in [5, 5.41) is 17.8. The monoisotopic (exact) mass is 424 g/mol. The molecule has 1 aromatic heterocycles. The number of carbonyl (C=O) groups is 1. The van der Waals surface area contributed by atoms with Gasteiger partial charge in [-0.1, -0.05) is 11.6 Å². The number of halogens is 2. The molecule has 1 atom stereocenters. The molecule has 2 aromatic rings. The van der Waals surface area contributed by atoms with Gasteiger partial charge in [0, 0.05) is 34.7 Å². The normalized spacial score (nSPS) is 16.7. The van der Waals surface area contributed by atoms with E-state index in [1.807, 2.05) is 0 Å². The van der Waals surface area contributed by atoms with Gasteiger partial charge in [0.15, 0.2) is 0 Å². The Balaban J connectivity index is 1.85. The number of carbonyl (C=O) groups excluding carboxylic acids is 1. The molecule has 142 valence electrons. The minimum absolute atomic E-state index is 0.174. The molecule has 2 N–H and O–H groups in total. The number of rotatable bonds is 6. The minimum atomic E-state index is -0.949. The maximum Gasteiger partial charge on any atom is 0.147 e. The zero-order chi connectivity index (χ0) is 19.4. The van der Waals surface area contributed by atoms with Gasteiger partial charge in [0.25, 0.3) is 0 Å². The van der Waals surface area contributed by atoms with Crippen LogP contribution < -0.4 is 4.90 Å². The van der Waals surface area contributed by atoms with Gasteiger partial charge in [-0.15, -0.1) is 23.1 Å². The quantitative estimate of drug-likeness (QED) is 0.406. The van der Waals surface area contributed by atoms with Crippen molar-refractivity contribution in [2.45, 2.75) is 30.3 Å². The van der Waals surface area contributed by atoms with E-state index < -0.39 is 6.67 Å². The fourth-order valence-corrected chi connectivity index (χ4v) is 5.29. The Bertz CT molecular complexity index is 873. The van der Waals surface area contributed by atoms with Crippen molar-refractivity contribution in [3.05, 3.63) is 44.9 Å². The average Bonchev–Trinajstić information content (AvgIpc) is 3.06. The SMILES string of the molecule is N=C(CF)N1C(=N)[C@H](Cc2ncc(CCC=O)s2)SCc2cc(Cl)ccc21. The number of thiazole rings is 1. The minimum Gasteiger partial charge on any atom is -0.303 e. The lowest BCUT2D eigenvalue weighted by Crippen LogP contribution is -2.42. The van der Waals surface area contributed by atoms with Crippen molar-refractivity contribution in [3.8, 4) is 0 Å². The largest absolute Gasteiger partial charge is 0.303 e. The second-order valence-electron chi connectivity index (χ2n) is 6.00. The Labute approximate surface area is 170 Å². The predicted octanol–water partition coefficient (Wildman–Crippen LogP) is 4.52. The molecule has 0 saturated carbocycles. The summed E-state index contributed by atoms with van der Waals surface area (Å²) in [4.78, 5) is 17.3. The maximum atomic E-state index is 13.3. The van der Waals surface area contributed by atoms with E-state index in [0.29, 0.717) is 35.7 Å². The number of thioether (sulfide) groups is 1. The predicted molar refractivity (Wildman–Crippen MR) is 111 cm³/mol. The Kier molecular flexibility index (Phi) is 6.62. The molecule has 5 nitrogen and oxygen atoms in total. The lowest BCUT2D eigenvalue weighted by Gasteiger charge is -2.27. The van der Waals surface area contributed by atoms with Gasteiger partial charge in [-0.25, -0.2) is 9.37 Å². The number of amidine groups is 2. The second-order valence-corrected chi connectivity index (χ2v) is 8.83. The molecule has 0 fully saturated rings. The Morgan fingerprint density at radius 2 is 2.30 bits per heavy atom. The van der Waals surface area contributed by atoms with Gasteiger partial charge in [0.05, 0.1) is 15.9 Å². The smallest absolute Gasteiger partial charge is 0.147 e. The first kappa shape index (κ1) is 20.0. The Morgan fingerprint density at radius 3 is 3.04 bits per heavy atom. The first-order valence-corrected chi connectivity index (χ1v) is 10.6. The fraction of sp³-hybridized carbons (Fsp3) is 0.333. The number of aromatic nitrogens is 1. The highest BCUT2D eigenvalue weighted by Crippen LogP contribution is 2.36. The lowest BCUT2D eigenvalue weighted by molar-refractivity contribution is -0.107. The molecular formula is C18H18ClFN4OS2. The number of hydrogen-bond donors (Lipinski definition) is 2. The van der Waals surface area contributed by atoms with Gasteiger partial charge >= 0.3 is 0 Å². The van der Waals surface area contributed by atoms with Gasteiger partial charge in [-0.05, 0) is 30.2 Å². The van der Waals surface area contributed by atoms with Gasteiger partial charge in [0.2, 0.25) is 0 Å². The van der Waals surface area contributed by atoms with Gasteiger partial charge in [0.1, 0.15) is 24.6 Å². The van der Waals surface area contributed by atoms with Crippen LogP contribution in [0.25, 0.3) is 0 Å². The number of aryl methyl sites for hydroxylation is 1. The first-order valence-electron chi connectivity index (χ1n) is 8.32. The van der Waals surface area contributed by atoms with Gasteiger partial charge < -0.3 is 4.79 Å². The van der Waals surface area contributed by atoms with Crippen molar-refractivity contribution < 1.29 is 9.18 Å². The van der Waals surface area contributed by atoms with Crippen molar-refractivity contribution in [2.24, 2.45) is 0 Å². The van der Waals surface area contributed by atoms with Crippen LogP contribution in [0.1, 0.15) is 21.9 Å². The number of alkyl halides is 1. The zero-order valence-corrected chi connectivity index (χ0v) is 16.8. The summed E-state index contributed by atoms with van der Waals surface area (Å²) in [6.45, 7) is -0.949. The summed E-state index contributed by atoms with van der Waals surface area (Å²) < 4.78 is 13.3. The third kappa shape index (κ3) is 4.56. The van der Waals surface area contributed by atoms with E-state index in [-0.39, 0.29) is 16.9 Å². The van der Waals surface area contributed by atoms with Crippen molar-refractivity contribution in [1.29, 1.82) is 10.8 Å². The van der Waals surface area contributed by atoms with E-state index in [4.69, 9.17) is 22.4 Å². The van der Waals surface area contributed by atoms with Crippen molar-refractivity contribution in [1.82, 2.24) is 4.98 Å². The number of benzene rings is 1. The first-order chi connectivity index (χ1) is 13.0. The Hall–Kier alpha value is -1.77. The molecule has 1 aromatic carbocycles. The molecule has 0 radical (unpaired) electrons. The lowest BCUT2D eigenvalue weighted by atomic mass is 10.1. The molecule has 9 heteroatoms. The summed E-state index contributed by atoms with van der Waals surface area (Å²) in [5.74, 6) is 0.526. The number of nitrogens with zero attached hydrogens (tertiary/aromatic N) is 2. The maximum absolute atomic E-state index is 13.3. The van der Waals surface area contributed by atoms with Crippen molar-refractivity contribution in [2.75, 3.05) is 11.6 Å². The summed E-state index contributed by atoms with van der Waals surface area (Å²) in [6.07, 6.45) is 4.31. The topological polar surface area (TPSA) is 80.9 Å². The molecule has 0 spiro atoms. The van der Waals surface area contributed by atoms with E-state index >= 15 is 0 Å². The fourth-order valence-electron chi connectivity index (χ4n) is 2.85. The van der Waals surface area contributed by atoms with Crippen LogP contribution >= 0.6 is 34.7 Å². The third-order valence-corrected chi connectivity index (χ3v) is 6.72. The van der Waals surface area contributed by atoms with Crippen LogP contribution in [0.15, 0.2) is 24.4 Å². The van der Waals surface area contributed by atoms with Gasteiger partial charge in [-0.2, -0.15) is 0 Å².